The molecule has 5 heteroatoms. The van der Waals surface area contributed by atoms with Gasteiger partial charge in [0.2, 0.25) is 0 Å². The van der Waals surface area contributed by atoms with Gasteiger partial charge in [-0.1, -0.05) is 54.6 Å². The fourth-order valence-electron chi connectivity index (χ4n) is 3.18. The molecule has 2 aromatic heterocycles. The predicted octanol–water partition coefficient (Wildman–Crippen LogP) is 4.32. The fourth-order valence-corrected chi connectivity index (χ4v) is 3.18. The second-order valence-electron chi connectivity index (χ2n) is 6.07. The molecule has 0 spiro atoms. The molecule has 0 aliphatic rings. The van der Waals surface area contributed by atoms with Crippen LogP contribution in [0.2, 0.25) is 0 Å². The van der Waals surface area contributed by atoms with Gasteiger partial charge in [-0.2, -0.15) is 9.61 Å². The van der Waals surface area contributed by atoms with Crippen molar-refractivity contribution in [1.82, 2.24) is 19.8 Å². The fraction of sp³-hybridized carbons (Fsp3) is 0. The molecule has 2 heterocycles. The van der Waals surface area contributed by atoms with Crippen LogP contribution in [-0.2, 0) is 0 Å². The number of phenols is 1. The van der Waals surface area contributed by atoms with Crippen molar-refractivity contribution >= 4 is 16.4 Å². The Kier molecular flexibility index (Phi) is 3.18. The largest absolute Gasteiger partial charge is 0.508 e. The number of hydrogen-bond acceptors (Lipinski definition) is 4. The molecule has 0 amide bonds. The minimum atomic E-state index is 0.230. The van der Waals surface area contributed by atoms with E-state index < -0.39 is 0 Å². The van der Waals surface area contributed by atoms with Crippen LogP contribution in [0.1, 0.15) is 0 Å². The van der Waals surface area contributed by atoms with Crippen LogP contribution < -0.4 is 0 Å². The van der Waals surface area contributed by atoms with Crippen LogP contribution in [0.25, 0.3) is 39.1 Å². The predicted molar refractivity (Wildman–Crippen MR) is 101 cm³/mol. The summed E-state index contributed by atoms with van der Waals surface area (Å²) in [7, 11) is 0. The molecule has 0 bridgehead atoms. The van der Waals surface area contributed by atoms with Crippen molar-refractivity contribution in [3.8, 4) is 28.4 Å². The first-order valence-corrected chi connectivity index (χ1v) is 8.30. The molecule has 0 atom stereocenters. The van der Waals surface area contributed by atoms with E-state index >= 15 is 0 Å². The summed E-state index contributed by atoms with van der Waals surface area (Å²) in [5.74, 6) is 0.930. The number of aromatic nitrogens is 4. The summed E-state index contributed by atoms with van der Waals surface area (Å²) in [6, 6.07) is 25.0. The molecule has 5 aromatic rings. The number of fused-ring (bicyclic) bond motifs is 3. The standard InChI is InChI=1S/C21H14N4O/c26-16-12-10-14(11-13-16)19-17-8-4-5-9-18(17)21-23-22-20(25(21)24-19)15-6-2-1-3-7-15/h1-13,26H. The first-order chi connectivity index (χ1) is 12.8. The van der Waals surface area contributed by atoms with E-state index in [1.165, 1.54) is 0 Å². The Balaban J connectivity index is 1.87. The molecule has 5 nitrogen and oxygen atoms in total. The number of aromatic hydroxyl groups is 1. The minimum absolute atomic E-state index is 0.230. The molecule has 0 saturated heterocycles. The number of rotatable bonds is 2. The Hall–Kier alpha value is -3.73. The van der Waals surface area contributed by atoms with Crippen LogP contribution in [0, 0.1) is 0 Å². The lowest BCUT2D eigenvalue weighted by molar-refractivity contribution is 0.475. The van der Waals surface area contributed by atoms with Crippen molar-refractivity contribution in [3.63, 3.8) is 0 Å². The summed E-state index contributed by atoms with van der Waals surface area (Å²) < 4.78 is 1.79. The van der Waals surface area contributed by atoms with E-state index in [9.17, 15) is 5.11 Å². The Morgan fingerprint density at radius 2 is 1.35 bits per heavy atom. The molecule has 0 saturated carbocycles. The number of nitrogens with zero attached hydrogens (tertiary/aromatic N) is 4. The SMILES string of the molecule is Oc1ccc(-c2nn3c(-c4ccccc4)nnc3c3ccccc23)cc1. The normalized spacial score (nSPS) is 11.2. The highest BCUT2D eigenvalue weighted by Crippen LogP contribution is 2.31. The highest BCUT2D eigenvalue weighted by molar-refractivity contribution is 6.01. The van der Waals surface area contributed by atoms with Crippen LogP contribution >= 0.6 is 0 Å². The zero-order chi connectivity index (χ0) is 17.5. The highest BCUT2D eigenvalue weighted by atomic mass is 16.3. The van der Waals surface area contributed by atoms with Crippen LogP contribution in [-0.4, -0.2) is 24.9 Å². The summed E-state index contributed by atoms with van der Waals surface area (Å²) >= 11 is 0. The average Bonchev–Trinajstić information content (AvgIpc) is 3.13. The van der Waals surface area contributed by atoms with Gasteiger partial charge in [0.05, 0.1) is 5.69 Å². The Morgan fingerprint density at radius 3 is 2.12 bits per heavy atom. The lowest BCUT2D eigenvalue weighted by Crippen LogP contribution is -1.99. The highest BCUT2D eigenvalue weighted by Gasteiger charge is 2.16. The molecule has 3 aromatic carbocycles. The molecular formula is C21H14N4O. The van der Waals surface area contributed by atoms with Gasteiger partial charge in [-0.05, 0) is 24.3 Å². The second kappa shape index (κ2) is 5.67. The maximum Gasteiger partial charge on any atom is 0.186 e. The zero-order valence-corrected chi connectivity index (χ0v) is 13.7. The van der Waals surface area contributed by atoms with E-state index in [0.29, 0.717) is 5.82 Å². The van der Waals surface area contributed by atoms with Crippen molar-refractivity contribution in [3.05, 3.63) is 78.9 Å². The first kappa shape index (κ1) is 14.6. The quantitative estimate of drug-likeness (QED) is 0.521. The third kappa shape index (κ3) is 2.22. The second-order valence-corrected chi connectivity index (χ2v) is 6.07. The third-order valence-electron chi connectivity index (χ3n) is 4.44. The van der Waals surface area contributed by atoms with Crippen LogP contribution in [0.4, 0.5) is 0 Å². The lowest BCUT2D eigenvalue weighted by Gasteiger charge is -2.09. The van der Waals surface area contributed by atoms with E-state index in [1.54, 1.807) is 16.6 Å². The number of benzene rings is 3. The van der Waals surface area contributed by atoms with E-state index in [4.69, 9.17) is 5.10 Å². The van der Waals surface area contributed by atoms with Gasteiger partial charge in [-0.15, -0.1) is 10.2 Å². The van der Waals surface area contributed by atoms with Crippen molar-refractivity contribution in [2.24, 2.45) is 0 Å². The van der Waals surface area contributed by atoms with Crippen LogP contribution in [0.3, 0.4) is 0 Å². The van der Waals surface area contributed by atoms with Gasteiger partial charge >= 0.3 is 0 Å². The van der Waals surface area contributed by atoms with Crippen molar-refractivity contribution in [2.75, 3.05) is 0 Å². The maximum atomic E-state index is 9.60. The summed E-state index contributed by atoms with van der Waals surface area (Å²) in [5, 5.41) is 25.2. The minimum Gasteiger partial charge on any atom is -0.508 e. The summed E-state index contributed by atoms with van der Waals surface area (Å²) in [4.78, 5) is 0. The van der Waals surface area contributed by atoms with Gasteiger partial charge in [0, 0.05) is 21.9 Å². The summed E-state index contributed by atoms with van der Waals surface area (Å²) in [6.07, 6.45) is 0. The smallest absolute Gasteiger partial charge is 0.186 e. The molecule has 0 aliphatic carbocycles. The molecule has 0 fully saturated rings. The Morgan fingerprint density at radius 1 is 0.654 bits per heavy atom. The average molecular weight is 338 g/mol. The van der Waals surface area contributed by atoms with Crippen LogP contribution in [0.15, 0.2) is 78.9 Å². The number of hydrogen-bond donors (Lipinski definition) is 1. The molecule has 124 valence electrons. The van der Waals surface area contributed by atoms with Crippen molar-refractivity contribution < 1.29 is 5.11 Å². The number of phenolic OH excluding ortho intramolecular Hbond substituents is 1. The van der Waals surface area contributed by atoms with E-state index in [1.807, 2.05) is 66.7 Å². The van der Waals surface area contributed by atoms with Crippen molar-refractivity contribution in [2.45, 2.75) is 0 Å². The first-order valence-electron chi connectivity index (χ1n) is 8.30. The summed E-state index contributed by atoms with van der Waals surface area (Å²) in [5.41, 5.74) is 3.43. The molecule has 26 heavy (non-hydrogen) atoms. The molecular weight excluding hydrogens is 324 g/mol. The Bertz CT molecular complexity index is 1230. The van der Waals surface area contributed by atoms with E-state index in [0.717, 1.165) is 33.2 Å². The van der Waals surface area contributed by atoms with Crippen LogP contribution in [0.5, 0.6) is 5.75 Å². The van der Waals surface area contributed by atoms with Crippen molar-refractivity contribution in [1.29, 1.82) is 0 Å². The monoisotopic (exact) mass is 338 g/mol. The maximum absolute atomic E-state index is 9.60. The van der Waals surface area contributed by atoms with Gasteiger partial charge in [0.25, 0.3) is 0 Å². The molecule has 1 N–H and O–H groups in total. The van der Waals surface area contributed by atoms with Gasteiger partial charge in [-0.25, -0.2) is 0 Å². The topological polar surface area (TPSA) is 63.3 Å². The molecule has 5 rings (SSSR count). The van der Waals surface area contributed by atoms with Gasteiger partial charge in [0.1, 0.15) is 5.75 Å². The molecule has 0 radical (unpaired) electrons. The van der Waals surface area contributed by atoms with Gasteiger partial charge in [0.15, 0.2) is 11.5 Å². The van der Waals surface area contributed by atoms with Gasteiger partial charge in [-0.3, -0.25) is 0 Å². The lowest BCUT2D eigenvalue weighted by atomic mass is 10.0. The third-order valence-corrected chi connectivity index (χ3v) is 4.44. The van der Waals surface area contributed by atoms with E-state index in [-0.39, 0.29) is 5.75 Å². The van der Waals surface area contributed by atoms with E-state index in [2.05, 4.69) is 10.2 Å². The molecule has 0 aliphatic heterocycles. The Labute approximate surface area is 149 Å². The summed E-state index contributed by atoms with van der Waals surface area (Å²) in [6.45, 7) is 0. The molecule has 0 unspecified atom stereocenters. The van der Waals surface area contributed by atoms with Gasteiger partial charge < -0.3 is 5.11 Å². The zero-order valence-electron chi connectivity index (χ0n) is 13.7.